The summed E-state index contributed by atoms with van der Waals surface area (Å²) in [5.41, 5.74) is 4.00. The topological polar surface area (TPSA) is 76.3 Å². The van der Waals surface area contributed by atoms with Crippen molar-refractivity contribution >= 4 is 35.6 Å². The molecule has 7 heteroatoms. The highest BCUT2D eigenvalue weighted by atomic mass is 127. The van der Waals surface area contributed by atoms with E-state index in [1.54, 1.807) is 0 Å². The number of hydrogen-bond donors (Lipinski definition) is 2. The zero-order valence-corrected chi connectivity index (χ0v) is 20.1. The number of para-hydroxylation sites is 1. The average Bonchev–Trinajstić information content (AvgIpc) is 2.75. The summed E-state index contributed by atoms with van der Waals surface area (Å²) < 4.78 is 0. The maximum Gasteiger partial charge on any atom is 0.191 e. The summed E-state index contributed by atoms with van der Waals surface area (Å²) in [4.78, 5) is 11.4. The Labute approximate surface area is 196 Å². The highest BCUT2D eigenvalue weighted by Gasteiger charge is 2.22. The van der Waals surface area contributed by atoms with Crippen LogP contribution in [0.1, 0.15) is 36.6 Å². The van der Waals surface area contributed by atoms with Crippen LogP contribution in [-0.4, -0.2) is 43.2 Å². The van der Waals surface area contributed by atoms with E-state index in [1.165, 1.54) is 5.56 Å². The number of nitrogens with one attached hydrogen (secondary N) is 2. The molecule has 1 saturated heterocycles. The lowest BCUT2D eigenvalue weighted by Crippen LogP contribution is -2.51. The minimum atomic E-state index is 0. The summed E-state index contributed by atoms with van der Waals surface area (Å²) in [6.45, 7) is 7.46. The van der Waals surface area contributed by atoms with Crippen molar-refractivity contribution in [3.05, 3.63) is 59.4 Å². The number of aliphatic imine (C=N–C) groups is 1. The molecule has 0 bridgehead atoms. The first-order valence-electron chi connectivity index (χ1n) is 10.4. The third-order valence-electron chi connectivity index (χ3n) is 5.11. The molecule has 2 aromatic rings. The van der Waals surface area contributed by atoms with Gasteiger partial charge >= 0.3 is 0 Å². The predicted molar refractivity (Wildman–Crippen MR) is 134 cm³/mol. The van der Waals surface area contributed by atoms with Crippen LogP contribution in [0.15, 0.2) is 47.6 Å². The second-order valence-electron chi connectivity index (χ2n) is 7.38. The molecule has 2 N–H and O–H groups in total. The fourth-order valence-corrected chi connectivity index (χ4v) is 3.61. The smallest absolute Gasteiger partial charge is 0.191 e. The van der Waals surface area contributed by atoms with Gasteiger partial charge < -0.3 is 15.5 Å². The molecule has 1 aliphatic heterocycles. The SMILES string of the molecule is CCNC(=NCCc1ccc(C)nc1)NC1CCCN(c2ccccc2C#N)C1.I. The third kappa shape index (κ3) is 6.87. The highest BCUT2D eigenvalue weighted by molar-refractivity contribution is 14.0. The molecular weight excluding hydrogens is 487 g/mol. The molecule has 0 aliphatic carbocycles. The Balaban J connectivity index is 0.00000320. The van der Waals surface area contributed by atoms with Gasteiger partial charge in [-0.15, -0.1) is 24.0 Å². The Kier molecular flexibility index (Phi) is 9.87. The fourth-order valence-electron chi connectivity index (χ4n) is 3.61. The number of nitrogens with zero attached hydrogens (tertiary/aromatic N) is 4. The van der Waals surface area contributed by atoms with Crippen LogP contribution in [-0.2, 0) is 6.42 Å². The third-order valence-corrected chi connectivity index (χ3v) is 5.11. The van der Waals surface area contributed by atoms with Gasteiger partial charge in [-0.25, -0.2) is 0 Å². The second-order valence-corrected chi connectivity index (χ2v) is 7.38. The Bertz CT molecular complexity index is 859. The number of halogens is 1. The fraction of sp³-hybridized carbons (Fsp3) is 0.435. The van der Waals surface area contributed by atoms with Crippen molar-refractivity contribution < 1.29 is 0 Å². The molecule has 0 amide bonds. The Morgan fingerprint density at radius 3 is 2.87 bits per heavy atom. The molecule has 3 rings (SSSR count). The molecule has 6 nitrogen and oxygen atoms in total. The van der Waals surface area contributed by atoms with E-state index in [-0.39, 0.29) is 24.0 Å². The van der Waals surface area contributed by atoms with Crippen LogP contribution >= 0.6 is 24.0 Å². The number of guanidine groups is 1. The highest BCUT2D eigenvalue weighted by Crippen LogP contribution is 2.23. The minimum Gasteiger partial charge on any atom is -0.368 e. The number of pyridine rings is 1. The van der Waals surface area contributed by atoms with Crippen molar-refractivity contribution in [2.45, 2.75) is 39.2 Å². The van der Waals surface area contributed by atoms with E-state index in [0.717, 1.165) is 61.8 Å². The first-order chi connectivity index (χ1) is 14.2. The molecule has 1 aromatic carbocycles. The van der Waals surface area contributed by atoms with Crippen LogP contribution in [0.2, 0.25) is 0 Å². The molecule has 1 fully saturated rings. The molecule has 160 valence electrons. The van der Waals surface area contributed by atoms with Crippen LogP contribution in [0.3, 0.4) is 0 Å². The van der Waals surface area contributed by atoms with E-state index >= 15 is 0 Å². The lowest BCUT2D eigenvalue weighted by Gasteiger charge is -2.35. The molecular formula is C23H31IN6. The number of anilines is 1. The van der Waals surface area contributed by atoms with Gasteiger partial charge in [-0.3, -0.25) is 9.98 Å². The predicted octanol–water partition coefficient (Wildman–Crippen LogP) is 3.65. The van der Waals surface area contributed by atoms with Crippen molar-refractivity contribution in [1.29, 1.82) is 5.26 Å². The van der Waals surface area contributed by atoms with Gasteiger partial charge in [0.25, 0.3) is 0 Å². The summed E-state index contributed by atoms with van der Waals surface area (Å²) in [6.07, 6.45) is 4.98. The van der Waals surface area contributed by atoms with Gasteiger partial charge in [0.15, 0.2) is 5.96 Å². The van der Waals surface area contributed by atoms with E-state index in [9.17, 15) is 5.26 Å². The molecule has 30 heavy (non-hydrogen) atoms. The number of hydrogen-bond acceptors (Lipinski definition) is 4. The van der Waals surface area contributed by atoms with E-state index in [4.69, 9.17) is 4.99 Å². The van der Waals surface area contributed by atoms with Crippen LogP contribution in [0, 0.1) is 18.3 Å². The number of nitriles is 1. The molecule has 0 saturated carbocycles. The largest absolute Gasteiger partial charge is 0.368 e. The van der Waals surface area contributed by atoms with E-state index in [1.807, 2.05) is 43.5 Å². The molecule has 1 atom stereocenters. The van der Waals surface area contributed by atoms with Crippen molar-refractivity contribution in [2.24, 2.45) is 4.99 Å². The molecule has 1 unspecified atom stereocenters. The summed E-state index contributed by atoms with van der Waals surface area (Å²) >= 11 is 0. The number of aromatic nitrogens is 1. The van der Waals surface area contributed by atoms with Crippen molar-refractivity contribution in [3.63, 3.8) is 0 Å². The summed E-state index contributed by atoms with van der Waals surface area (Å²) in [5.74, 6) is 0.855. The van der Waals surface area contributed by atoms with Gasteiger partial charge in [0, 0.05) is 44.1 Å². The van der Waals surface area contributed by atoms with Crippen LogP contribution in [0.4, 0.5) is 5.69 Å². The van der Waals surface area contributed by atoms with Gasteiger partial charge in [-0.05, 0) is 56.9 Å². The molecule has 0 radical (unpaired) electrons. The van der Waals surface area contributed by atoms with Crippen molar-refractivity contribution in [2.75, 3.05) is 31.1 Å². The zero-order chi connectivity index (χ0) is 20.5. The first kappa shape index (κ1) is 23.9. The Hall–Kier alpha value is -2.34. The lowest BCUT2D eigenvalue weighted by atomic mass is 10.0. The number of rotatable bonds is 6. The number of benzene rings is 1. The maximum atomic E-state index is 9.41. The van der Waals surface area contributed by atoms with E-state index < -0.39 is 0 Å². The zero-order valence-electron chi connectivity index (χ0n) is 17.8. The van der Waals surface area contributed by atoms with Gasteiger partial charge in [0.05, 0.1) is 11.3 Å². The van der Waals surface area contributed by atoms with Crippen molar-refractivity contribution in [1.82, 2.24) is 15.6 Å². The van der Waals surface area contributed by atoms with Gasteiger partial charge in [-0.1, -0.05) is 18.2 Å². The first-order valence-corrected chi connectivity index (χ1v) is 10.4. The quantitative estimate of drug-likeness (QED) is 0.347. The van der Waals surface area contributed by atoms with Crippen LogP contribution in [0.5, 0.6) is 0 Å². The molecule has 2 heterocycles. The van der Waals surface area contributed by atoms with Gasteiger partial charge in [-0.2, -0.15) is 5.26 Å². The average molecular weight is 518 g/mol. The standard InChI is InChI=1S/C23H30N6.HI/c1-3-25-23(26-13-12-19-11-10-18(2)27-16-19)28-21-8-6-14-29(17-21)22-9-5-4-7-20(22)15-24;/h4-5,7,9-11,16,21H,3,6,8,12-14,17H2,1-2H3,(H2,25,26,28);1H. The monoisotopic (exact) mass is 518 g/mol. The molecule has 0 spiro atoms. The van der Waals surface area contributed by atoms with Gasteiger partial charge in [0.1, 0.15) is 6.07 Å². The normalized spacial score (nSPS) is 16.4. The van der Waals surface area contributed by atoms with Gasteiger partial charge in [0.2, 0.25) is 0 Å². The second kappa shape index (κ2) is 12.4. The van der Waals surface area contributed by atoms with E-state index in [0.29, 0.717) is 12.6 Å². The lowest BCUT2D eigenvalue weighted by molar-refractivity contribution is 0.468. The summed E-state index contributed by atoms with van der Waals surface area (Å²) in [5, 5.41) is 16.4. The van der Waals surface area contributed by atoms with Crippen LogP contribution < -0.4 is 15.5 Å². The summed E-state index contributed by atoms with van der Waals surface area (Å²) in [6, 6.07) is 14.6. The molecule has 1 aliphatic rings. The van der Waals surface area contributed by atoms with Crippen LogP contribution in [0.25, 0.3) is 0 Å². The van der Waals surface area contributed by atoms with Crippen molar-refractivity contribution in [3.8, 4) is 6.07 Å². The van der Waals surface area contributed by atoms with E-state index in [2.05, 4.69) is 39.6 Å². The molecule has 1 aromatic heterocycles. The Morgan fingerprint density at radius 2 is 2.13 bits per heavy atom. The number of aryl methyl sites for hydroxylation is 1. The summed E-state index contributed by atoms with van der Waals surface area (Å²) in [7, 11) is 0. The number of piperidine rings is 1. The minimum absolute atomic E-state index is 0. The Morgan fingerprint density at radius 1 is 1.30 bits per heavy atom. The maximum absolute atomic E-state index is 9.41.